The average Bonchev–Trinajstić information content (AvgIpc) is 2.82. The number of nitrogens with zero attached hydrogens (tertiary/aromatic N) is 4. The molecule has 5 nitrogen and oxygen atoms in total. The van der Waals surface area contributed by atoms with E-state index in [-0.39, 0.29) is 6.54 Å². The fourth-order valence-electron chi connectivity index (χ4n) is 2.79. The van der Waals surface area contributed by atoms with Gasteiger partial charge in [-0.2, -0.15) is 0 Å². The number of rotatable bonds is 4. The molecule has 1 atom stereocenters. The molecule has 1 N–H and O–H groups in total. The van der Waals surface area contributed by atoms with E-state index in [1.54, 1.807) is 4.57 Å². The van der Waals surface area contributed by atoms with Crippen LogP contribution in [0.15, 0.2) is 23.4 Å². The van der Waals surface area contributed by atoms with Gasteiger partial charge >= 0.3 is 0 Å². The Morgan fingerprint density at radius 1 is 1.22 bits per heavy atom. The number of hydrogen-bond donors (Lipinski definition) is 2. The van der Waals surface area contributed by atoms with Gasteiger partial charge in [-0.25, -0.2) is 8.78 Å². The summed E-state index contributed by atoms with van der Waals surface area (Å²) in [6.45, 7) is 5.85. The molecular weight excluding hydrogens is 320 g/mol. The van der Waals surface area contributed by atoms with Crippen LogP contribution >= 0.6 is 12.6 Å². The average molecular weight is 339 g/mol. The zero-order chi connectivity index (χ0) is 16.4. The minimum atomic E-state index is -0.592. The van der Waals surface area contributed by atoms with E-state index in [1.165, 1.54) is 12.1 Å². The molecule has 0 radical (unpaired) electrons. The molecule has 0 bridgehead atoms. The quantitative estimate of drug-likeness (QED) is 0.832. The molecule has 8 heteroatoms. The van der Waals surface area contributed by atoms with Gasteiger partial charge in [0.1, 0.15) is 17.5 Å². The molecule has 0 saturated carbocycles. The van der Waals surface area contributed by atoms with Gasteiger partial charge < -0.3 is 9.88 Å². The minimum absolute atomic E-state index is 0.288. The third-order valence-electron chi connectivity index (χ3n) is 4.05. The summed E-state index contributed by atoms with van der Waals surface area (Å²) in [5, 5.41) is 11.9. The van der Waals surface area contributed by atoms with Gasteiger partial charge in [0.2, 0.25) is 0 Å². The van der Waals surface area contributed by atoms with Crippen molar-refractivity contribution in [3.8, 4) is 0 Å². The third kappa shape index (κ3) is 3.88. The van der Waals surface area contributed by atoms with Gasteiger partial charge in [-0.3, -0.25) is 4.90 Å². The molecule has 124 valence electrons. The van der Waals surface area contributed by atoms with Crippen LogP contribution in [0.4, 0.5) is 8.78 Å². The molecule has 0 amide bonds. The van der Waals surface area contributed by atoms with E-state index in [4.69, 9.17) is 0 Å². The van der Waals surface area contributed by atoms with Crippen LogP contribution in [-0.2, 0) is 13.1 Å². The smallest absolute Gasteiger partial charge is 0.188 e. The van der Waals surface area contributed by atoms with Crippen molar-refractivity contribution in [2.24, 2.45) is 0 Å². The second kappa shape index (κ2) is 6.94. The maximum atomic E-state index is 13.4. The zero-order valence-corrected chi connectivity index (χ0v) is 13.7. The predicted octanol–water partition coefficient (Wildman–Crippen LogP) is 1.69. The van der Waals surface area contributed by atoms with Crippen molar-refractivity contribution in [1.29, 1.82) is 0 Å². The van der Waals surface area contributed by atoms with Crippen LogP contribution in [0.2, 0.25) is 0 Å². The summed E-state index contributed by atoms with van der Waals surface area (Å²) in [6, 6.07) is 3.88. The van der Waals surface area contributed by atoms with Crippen LogP contribution in [0.5, 0.6) is 0 Å². The highest BCUT2D eigenvalue weighted by Crippen LogP contribution is 2.16. The second-order valence-corrected chi connectivity index (χ2v) is 6.20. The molecule has 23 heavy (non-hydrogen) atoms. The Balaban J connectivity index is 1.81. The lowest BCUT2D eigenvalue weighted by Crippen LogP contribution is -2.49. The van der Waals surface area contributed by atoms with Gasteiger partial charge in [0.15, 0.2) is 5.16 Å². The summed E-state index contributed by atoms with van der Waals surface area (Å²) in [4.78, 5) is 2.30. The van der Waals surface area contributed by atoms with E-state index in [9.17, 15) is 8.78 Å². The van der Waals surface area contributed by atoms with Gasteiger partial charge in [0.25, 0.3) is 0 Å². The third-order valence-corrected chi connectivity index (χ3v) is 4.39. The van der Waals surface area contributed by atoms with Crippen LogP contribution in [0.25, 0.3) is 0 Å². The molecule has 1 aromatic heterocycles. The molecule has 1 aliphatic heterocycles. The summed E-state index contributed by atoms with van der Waals surface area (Å²) in [5.74, 6) is -0.439. The van der Waals surface area contributed by atoms with Gasteiger partial charge in [0.05, 0.1) is 13.1 Å². The number of nitrogens with one attached hydrogen (secondary N) is 1. The highest BCUT2D eigenvalue weighted by Gasteiger charge is 2.21. The van der Waals surface area contributed by atoms with Crippen molar-refractivity contribution >= 4 is 12.6 Å². The first-order valence-corrected chi connectivity index (χ1v) is 7.98. The van der Waals surface area contributed by atoms with E-state index in [0.29, 0.717) is 23.3 Å². The lowest BCUT2D eigenvalue weighted by atomic mass is 10.2. The summed E-state index contributed by atoms with van der Waals surface area (Å²) in [7, 11) is 0. The Labute approximate surface area is 139 Å². The highest BCUT2D eigenvalue weighted by atomic mass is 32.1. The van der Waals surface area contributed by atoms with Gasteiger partial charge in [-0.1, -0.05) is 0 Å². The van der Waals surface area contributed by atoms with Crippen LogP contribution < -0.4 is 5.32 Å². The number of benzene rings is 1. The van der Waals surface area contributed by atoms with Crippen molar-refractivity contribution in [2.45, 2.75) is 31.2 Å². The van der Waals surface area contributed by atoms with Crippen molar-refractivity contribution in [3.05, 3.63) is 41.2 Å². The van der Waals surface area contributed by atoms with E-state index in [2.05, 4.69) is 40.0 Å². The maximum Gasteiger partial charge on any atom is 0.188 e. The molecule has 3 rings (SSSR count). The van der Waals surface area contributed by atoms with Crippen molar-refractivity contribution in [1.82, 2.24) is 25.0 Å². The van der Waals surface area contributed by atoms with Gasteiger partial charge in [-0.05, 0) is 24.6 Å². The molecular formula is C15H19F2N5S. The van der Waals surface area contributed by atoms with E-state index >= 15 is 0 Å². The zero-order valence-electron chi connectivity index (χ0n) is 12.8. The van der Waals surface area contributed by atoms with Crippen molar-refractivity contribution in [3.63, 3.8) is 0 Å². The molecule has 0 aliphatic carbocycles. The first-order valence-electron chi connectivity index (χ1n) is 7.53. The largest absolute Gasteiger partial charge is 0.314 e. The minimum Gasteiger partial charge on any atom is -0.314 e. The molecule has 1 aromatic carbocycles. The number of piperazine rings is 1. The number of halogens is 2. The van der Waals surface area contributed by atoms with Crippen molar-refractivity contribution < 1.29 is 8.78 Å². The van der Waals surface area contributed by atoms with Gasteiger partial charge in [0, 0.05) is 31.7 Å². The SMILES string of the molecule is CC1CNCCN1Cc1nnc(S)n1Cc1cc(F)cc(F)c1. The Morgan fingerprint density at radius 2 is 1.96 bits per heavy atom. The topological polar surface area (TPSA) is 46.0 Å². The second-order valence-electron chi connectivity index (χ2n) is 5.80. The van der Waals surface area contributed by atoms with Crippen molar-refractivity contribution in [2.75, 3.05) is 19.6 Å². The first-order chi connectivity index (χ1) is 11.0. The highest BCUT2D eigenvalue weighted by molar-refractivity contribution is 7.80. The van der Waals surface area contributed by atoms with E-state index < -0.39 is 11.6 Å². The fourth-order valence-corrected chi connectivity index (χ4v) is 3.02. The normalized spacial score (nSPS) is 19.2. The standard InChI is InChI=1S/C15H19F2N5S/c1-10-7-18-2-3-21(10)9-14-19-20-15(23)22(14)8-11-4-12(16)6-13(17)5-11/h4-6,10,18H,2-3,7-9H2,1H3,(H,20,23). The number of aromatic nitrogens is 3. The summed E-state index contributed by atoms with van der Waals surface area (Å²) in [6.07, 6.45) is 0. The van der Waals surface area contributed by atoms with E-state index in [0.717, 1.165) is 31.5 Å². The van der Waals surface area contributed by atoms with Crippen LogP contribution in [0.1, 0.15) is 18.3 Å². The Hall–Kier alpha value is -1.51. The first kappa shape index (κ1) is 16.4. The van der Waals surface area contributed by atoms with Crippen LogP contribution in [-0.4, -0.2) is 45.3 Å². The van der Waals surface area contributed by atoms with Crippen LogP contribution in [0, 0.1) is 11.6 Å². The molecule has 0 spiro atoms. The van der Waals surface area contributed by atoms with Crippen LogP contribution in [0.3, 0.4) is 0 Å². The van der Waals surface area contributed by atoms with Gasteiger partial charge in [-0.15, -0.1) is 22.8 Å². The lowest BCUT2D eigenvalue weighted by molar-refractivity contribution is 0.159. The molecule has 1 aliphatic rings. The summed E-state index contributed by atoms with van der Waals surface area (Å²) in [5.41, 5.74) is 0.521. The monoisotopic (exact) mass is 339 g/mol. The van der Waals surface area contributed by atoms with E-state index in [1.807, 2.05) is 0 Å². The molecule has 2 heterocycles. The number of thiol groups is 1. The Kier molecular flexibility index (Phi) is 4.93. The number of hydrogen-bond acceptors (Lipinski definition) is 5. The summed E-state index contributed by atoms with van der Waals surface area (Å²) >= 11 is 4.31. The Morgan fingerprint density at radius 3 is 2.65 bits per heavy atom. The Bertz CT molecular complexity index is 670. The molecule has 2 aromatic rings. The predicted molar refractivity (Wildman–Crippen MR) is 85.5 cm³/mol. The fraction of sp³-hybridized carbons (Fsp3) is 0.467. The summed E-state index contributed by atoms with van der Waals surface area (Å²) < 4.78 is 28.5. The molecule has 1 fully saturated rings. The molecule has 1 saturated heterocycles. The maximum absolute atomic E-state index is 13.4. The molecule has 1 unspecified atom stereocenters. The lowest BCUT2D eigenvalue weighted by Gasteiger charge is -2.33.